The van der Waals surface area contributed by atoms with Crippen LogP contribution in [0, 0.1) is 11.8 Å². The van der Waals surface area contributed by atoms with Crippen molar-refractivity contribution in [1.82, 2.24) is 10.9 Å². The van der Waals surface area contributed by atoms with Gasteiger partial charge in [0.25, 0.3) is 0 Å². The number of hydrazine groups is 1. The van der Waals surface area contributed by atoms with Gasteiger partial charge in [-0.2, -0.15) is 0 Å². The topological polar surface area (TPSA) is 58.2 Å². The van der Waals surface area contributed by atoms with E-state index in [4.69, 9.17) is 0 Å². The molecule has 12 heavy (non-hydrogen) atoms. The third kappa shape index (κ3) is 0.922. The van der Waals surface area contributed by atoms with Gasteiger partial charge < -0.3 is 0 Å². The van der Waals surface area contributed by atoms with Gasteiger partial charge in [0.15, 0.2) is 0 Å². The number of fused-ring (bicyclic) bond motifs is 1. The molecule has 1 aliphatic carbocycles. The molecule has 0 spiro atoms. The molecule has 1 saturated heterocycles. The van der Waals surface area contributed by atoms with Crippen molar-refractivity contribution in [2.75, 3.05) is 0 Å². The molecule has 1 fully saturated rings. The molecule has 0 aromatic rings. The molecule has 0 aromatic heterocycles. The van der Waals surface area contributed by atoms with E-state index in [1.54, 1.807) is 24.3 Å². The van der Waals surface area contributed by atoms with Gasteiger partial charge in [-0.3, -0.25) is 20.4 Å². The molecule has 2 N–H and O–H groups in total. The van der Waals surface area contributed by atoms with E-state index in [1.165, 1.54) is 0 Å². The Kier molecular flexibility index (Phi) is 1.46. The molecule has 0 saturated carbocycles. The smallest absolute Gasteiger partial charge is 0.246 e. The highest BCUT2D eigenvalue weighted by Crippen LogP contribution is 2.21. The molecule has 1 heterocycles. The van der Waals surface area contributed by atoms with Gasteiger partial charge in [-0.25, -0.2) is 0 Å². The molecule has 2 rings (SSSR count). The van der Waals surface area contributed by atoms with E-state index in [0.29, 0.717) is 0 Å². The number of rotatable bonds is 0. The van der Waals surface area contributed by atoms with Crippen LogP contribution in [-0.2, 0) is 9.59 Å². The number of amides is 2. The first-order valence-electron chi connectivity index (χ1n) is 3.74. The maximum Gasteiger partial charge on any atom is 0.246 e. The van der Waals surface area contributed by atoms with Crippen LogP contribution in [0.1, 0.15) is 0 Å². The van der Waals surface area contributed by atoms with Crippen molar-refractivity contribution in [2.45, 2.75) is 0 Å². The van der Waals surface area contributed by atoms with Crippen LogP contribution in [-0.4, -0.2) is 11.8 Å². The summed E-state index contributed by atoms with van der Waals surface area (Å²) in [7, 11) is 0. The average Bonchev–Trinajstić information content (AvgIpc) is 2.12. The van der Waals surface area contributed by atoms with Gasteiger partial charge in [-0.15, -0.1) is 0 Å². The molecular weight excluding hydrogens is 156 g/mol. The number of hydrogen-bond donors (Lipinski definition) is 2. The lowest BCUT2D eigenvalue weighted by Crippen LogP contribution is -2.55. The SMILES string of the molecule is O=C1NNC(=O)C2C=CC=CC12. The summed E-state index contributed by atoms with van der Waals surface area (Å²) in [6.07, 6.45) is 7.02. The van der Waals surface area contributed by atoms with Crippen molar-refractivity contribution >= 4 is 11.8 Å². The van der Waals surface area contributed by atoms with E-state index in [1.807, 2.05) is 0 Å². The molecule has 1 aliphatic heterocycles. The Labute approximate surface area is 69.3 Å². The predicted octanol–water partition coefficient (Wildman–Crippen LogP) is -0.494. The van der Waals surface area contributed by atoms with Crippen LogP contribution in [0.25, 0.3) is 0 Å². The van der Waals surface area contributed by atoms with Crippen molar-refractivity contribution in [3.05, 3.63) is 24.3 Å². The third-order valence-corrected chi connectivity index (χ3v) is 2.05. The van der Waals surface area contributed by atoms with Gasteiger partial charge in [0.05, 0.1) is 11.8 Å². The minimum Gasteiger partial charge on any atom is -0.273 e. The fraction of sp³-hybridized carbons (Fsp3) is 0.250. The lowest BCUT2D eigenvalue weighted by Gasteiger charge is -2.27. The molecule has 62 valence electrons. The van der Waals surface area contributed by atoms with Crippen LogP contribution in [0.15, 0.2) is 24.3 Å². The maximum absolute atomic E-state index is 11.2. The second-order valence-electron chi connectivity index (χ2n) is 2.80. The summed E-state index contributed by atoms with van der Waals surface area (Å²) in [5, 5.41) is 0. The van der Waals surface area contributed by atoms with Crippen molar-refractivity contribution in [1.29, 1.82) is 0 Å². The van der Waals surface area contributed by atoms with Gasteiger partial charge in [-0.1, -0.05) is 24.3 Å². The summed E-state index contributed by atoms with van der Waals surface area (Å²) in [5.41, 5.74) is 4.61. The molecule has 2 unspecified atom stereocenters. The predicted molar refractivity (Wildman–Crippen MR) is 41.5 cm³/mol. The fourth-order valence-electron chi connectivity index (χ4n) is 1.40. The highest BCUT2D eigenvalue weighted by molar-refractivity contribution is 5.95. The van der Waals surface area contributed by atoms with Crippen molar-refractivity contribution in [3.63, 3.8) is 0 Å². The number of allylic oxidation sites excluding steroid dienone is 2. The minimum atomic E-state index is -0.330. The van der Waals surface area contributed by atoms with Crippen molar-refractivity contribution in [2.24, 2.45) is 11.8 Å². The van der Waals surface area contributed by atoms with Gasteiger partial charge in [0.1, 0.15) is 0 Å². The molecule has 4 nitrogen and oxygen atoms in total. The standard InChI is InChI=1S/C8H8N2O2/c11-7-5-3-1-2-4-6(5)8(12)10-9-7/h1-6H,(H,9,11)(H,10,12). The fourth-order valence-corrected chi connectivity index (χ4v) is 1.40. The van der Waals surface area contributed by atoms with Crippen molar-refractivity contribution < 1.29 is 9.59 Å². The van der Waals surface area contributed by atoms with E-state index >= 15 is 0 Å². The zero-order valence-corrected chi connectivity index (χ0v) is 6.28. The van der Waals surface area contributed by atoms with E-state index in [9.17, 15) is 9.59 Å². The molecule has 2 aliphatic rings. The van der Waals surface area contributed by atoms with E-state index in [0.717, 1.165) is 0 Å². The van der Waals surface area contributed by atoms with Gasteiger partial charge >= 0.3 is 0 Å². The highest BCUT2D eigenvalue weighted by atomic mass is 16.2. The Hall–Kier alpha value is -1.58. The zero-order valence-electron chi connectivity index (χ0n) is 6.28. The Balaban J connectivity index is 2.30. The summed E-state index contributed by atoms with van der Waals surface area (Å²) in [4.78, 5) is 22.3. The van der Waals surface area contributed by atoms with Crippen LogP contribution in [0.5, 0.6) is 0 Å². The van der Waals surface area contributed by atoms with E-state index in [2.05, 4.69) is 10.9 Å². The zero-order chi connectivity index (χ0) is 8.55. The molecular formula is C8H8N2O2. The Morgan fingerprint density at radius 3 is 1.75 bits per heavy atom. The van der Waals surface area contributed by atoms with Crippen LogP contribution < -0.4 is 10.9 Å². The summed E-state index contributed by atoms with van der Waals surface area (Å²) in [5.74, 6) is -0.965. The van der Waals surface area contributed by atoms with Crippen molar-refractivity contribution in [3.8, 4) is 0 Å². The largest absolute Gasteiger partial charge is 0.273 e. The Morgan fingerprint density at radius 2 is 1.33 bits per heavy atom. The molecule has 0 aromatic carbocycles. The highest BCUT2D eigenvalue weighted by Gasteiger charge is 2.35. The Morgan fingerprint density at radius 1 is 0.917 bits per heavy atom. The quantitative estimate of drug-likeness (QED) is 0.507. The second-order valence-corrected chi connectivity index (χ2v) is 2.80. The molecule has 4 heteroatoms. The van der Waals surface area contributed by atoms with Gasteiger partial charge in [-0.05, 0) is 0 Å². The summed E-state index contributed by atoms with van der Waals surface area (Å²) < 4.78 is 0. The number of carbonyl (C=O) groups excluding carboxylic acids is 2. The minimum absolute atomic E-state index is 0.153. The van der Waals surface area contributed by atoms with Crippen LogP contribution in [0.3, 0.4) is 0 Å². The molecule has 0 radical (unpaired) electrons. The first-order chi connectivity index (χ1) is 5.79. The lowest BCUT2D eigenvalue weighted by atomic mass is 9.86. The molecule has 0 bridgehead atoms. The molecule has 2 atom stereocenters. The monoisotopic (exact) mass is 164 g/mol. The lowest BCUT2D eigenvalue weighted by molar-refractivity contribution is -0.139. The Bertz CT molecular complexity index is 263. The van der Waals surface area contributed by atoms with Gasteiger partial charge in [0, 0.05) is 0 Å². The first kappa shape index (κ1) is 7.09. The first-order valence-corrected chi connectivity index (χ1v) is 3.74. The van der Waals surface area contributed by atoms with Crippen LogP contribution in [0.2, 0.25) is 0 Å². The molecule has 2 amide bonds. The summed E-state index contributed by atoms with van der Waals surface area (Å²) >= 11 is 0. The number of hydrogen-bond acceptors (Lipinski definition) is 2. The normalized spacial score (nSPS) is 32.3. The third-order valence-electron chi connectivity index (χ3n) is 2.05. The summed E-state index contributed by atoms with van der Waals surface area (Å²) in [6, 6.07) is 0. The average molecular weight is 164 g/mol. The number of nitrogens with one attached hydrogen (secondary N) is 2. The van der Waals surface area contributed by atoms with Gasteiger partial charge in [0.2, 0.25) is 11.8 Å². The number of carbonyl (C=O) groups is 2. The van der Waals surface area contributed by atoms with E-state index in [-0.39, 0.29) is 23.7 Å². The van der Waals surface area contributed by atoms with E-state index < -0.39 is 0 Å². The maximum atomic E-state index is 11.2. The second kappa shape index (κ2) is 2.48. The van der Waals surface area contributed by atoms with Crippen LogP contribution >= 0.6 is 0 Å². The van der Waals surface area contributed by atoms with Crippen LogP contribution in [0.4, 0.5) is 0 Å². The summed E-state index contributed by atoms with van der Waals surface area (Å²) in [6.45, 7) is 0.